The van der Waals surface area contributed by atoms with Crippen molar-refractivity contribution in [2.24, 2.45) is 0 Å². The zero-order valence-corrected chi connectivity index (χ0v) is 25.0. The number of hydrogen-bond acceptors (Lipinski definition) is 1. The number of nitrogens with zero attached hydrogens (tertiary/aromatic N) is 1. The molecule has 0 radical (unpaired) electrons. The molecule has 0 N–H and O–H groups in total. The molecule has 0 bridgehead atoms. The van der Waals surface area contributed by atoms with E-state index >= 15 is 0 Å². The van der Waals surface area contributed by atoms with E-state index in [4.69, 9.17) is 0 Å². The van der Waals surface area contributed by atoms with Crippen LogP contribution in [-0.4, -0.2) is 0 Å². The number of fused-ring (bicyclic) bond motifs is 4. The molecule has 1 heteroatoms. The third kappa shape index (κ3) is 4.41. The number of hydrogen-bond donors (Lipinski definition) is 0. The largest absolute Gasteiger partial charge is 0.310 e. The van der Waals surface area contributed by atoms with Crippen LogP contribution < -0.4 is 4.90 Å². The summed E-state index contributed by atoms with van der Waals surface area (Å²) in [5.41, 5.74) is 13.8. The van der Waals surface area contributed by atoms with Crippen molar-refractivity contribution in [1.29, 1.82) is 0 Å². The Balaban J connectivity index is 1.17. The monoisotopic (exact) mass is 563 g/mol. The van der Waals surface area contributed by atoms with Crippen molar-refractivity contribution < 1.29 is 0 Å². The van der Waals surface area contributed by atoms with Crippen LogP contribution in [0.15, 0.2) is 164 Å². The van der Waals surface area contributed by atoms with E-state index in [1.165, 1.54) is 61.0 Å². The lowest BCUT2D eigenvalue weighted by Crippen LogP contribution is -2.16. The molecule has 1 nitrogen and oxygen atoms in total. The molecule has 0 spiro atoms. The number of benzene rings is 7. The molecule has 1 aliphatic carbocycles. The topological polar surface area (TPSA) is 3.24 Å². The maximum Gasteiger partial charge on any atom is 0.0465 e. The summed E-state index contributed by atoms with van der Waals surface area (Å²) in [5, 5.41) is 2.52. The first-order valence-electron chi connectivity index (χ1n) is 15.4. The van der Waals surface area contributed by atoms with Gasteiger partial charge in [-0.1, -0.05) is 123 Å². The maximum atomic E-state index is 2.42. The van der Waals surface area contributed by atoms with E-state index < -0.39 is 0 Å². The molecule has 0 heterocycles. The Morgan fingerprint density at radius 1 is 0.364 bits per heavy atom. The summed E-state index contributed by atoms with van der Waals surface area (Å²) in [7, 11) is 0. The van der Waals surface area contributed by atoms with E-state index in [2.05, 4.69) is 183 Å². The molecule has 1 aliphatic rings. The highest BCUT2D eigenvalue weighted by molar-refractivity contribution is 5.92. The van der Waals surface area contributed by atoms with Gasteiger partial charge in [0.1, 0.15) is 0 Å². The molecule has 7 aromatic carbocycles. The Kier molecular flexibility index (Phi) is 6.20. The van der Waals surface area contributed by atoms with Gasteiger partial charge in [0, 0.05) is 22.5 Å². The fraction of sp³-hybridized carbons (Fsp3) is 0.0698. The maximum absolute atomic E-state index is 2.42. The minimum absolute atomic E-state index is 0.128. The molecule has 210 valence electrons. The van der Waals surface area contributed by atoms with E-state index in [1.807, 2.05) is 0 Å². The fourth-order valence-corrected chi connectivity index (χ4v) is 6.88. The summed E-state index contributed by atoms with van der Waals surface area (Å²) < 4.78 is 0. The lowest BCUT2D eigenvalue weighted by molar-refractivity contribution is 0.660. The zero-order chi connectivity index (χ0) is 29.7. The van der Waals surface area contributed by atoms with Gasteiger partial charge in [-0.05, 0) is 110 Å². The van der Waals surface area contributed by atoms with Gasteiger partial charge in [0.25, 0.3) is 0 Å². The van der Waals surface area contributed by atoms with Gasteiger partial charge in [-0.3, -0.25) is 0 Å². The van der Waals surface area contributed by atoms with Crippen molar-refractivity contribution in [3.8, 4) is 33.4 Å². The number of anilines is 3. The minimum Gasteiger partial charge on any atom is -0.310 e. The van der Waals surface area contributed by atoms with Gasteiger partial charge in [-0.25, -0.2) is 0 Å². The third-order valence-corrected chi connectivity index (χ3v) is 9.23. The van der Waals surface area contributed by atoms with Gasteiger partial charge in [-0.15, -0.1) is 0 Å². The van der Waals surface area contributed by atoms with Crippen molar-refractivity contribution in [1.82, 2.24) is 0 Å². The van der Waals surface area contributed by atoms with Crippen LogP contribution in [-0.2, 0) is 5.41 Å². The highest BCUT2D eigenvalue weighted by Gasteiger charge is 2.36. The first-order chi connectivity index (χ1) is 21.6. The minimum atomic E-state index is -0.128. The highest BCUT2D eigenvalue weighted by atomic mass is 15.1. The van der Waals surface area contributed by atoms with Crippen molar-refractivity contribution in [3.63, 3.8) is 0 Å². The first-order valence-corrected chi connectivity index (χ1v) is 15.4. The normalized spacial score (nSPS) is 13.0. The van der Waals surface area contributed by atoms with Crippen LogP contribution in [0.3, 0.4) is 0 Å². The van der Waals surface area contributed by atoms with Gasteiger partial charge in [0.05, 0.1) is 0 Å². The van der Waals surface area contributed by atoms with Crippen molar-refractivity contribution >= 4 is 27.8 Å². The van der Waals surface area contributed by atoms with Gasteiger partial charge >= 0.3 is 0 Å². The Morgan fingerprint density at radius 2 is 0.818 bits per heavy atom. The van der Waals surface area contributed by atoms with Crippen LogP contribution in [0.4, 0.5) is 17.1 Å². The zero-order valence-electron chi connectivity index (χ0n) is 25.0. The van der Waals surface area contributed by atoms with Crippen molar-refractivity contribution in [2.75, 3.05) is 4.90 Å². The van der Waals surface area contributed by atoms with Gasteiger partial charge in [-0.2, -0.15) is 0 Å². The van der Waals surface area contributed by atoms with Gasteiger partial charge in [0.15, 0.2) is 0 Å². The fourth-order valence-electron chi connectivity index (χ4n) is 6.88. The molecule has 0 saturated carbocycles. The number of para-hydroxylation sites is 2. The number of rotatable bonds is 5. The lowest BCUT2D eigenvalue weighted by atomic mass is 9.81. The second-order valence-corrected chi connectivity index (χ2v) is 12.3. The molecule has 8 rings (SSSR count). The van der Waals surface area contributed by atoms with Crippen LogP contribution in [0.2, 0.25) is 0 Å². The van der Waals surface area contributed by atoms with Crippen molar-refractivity contribution in [2.45, 2.75) is 19.3 Å². The average molecular weight is 564 g/mol. The van der Waals surface area contributed by atoms with E-state index in [0.717, 1.165) is 11.4 Å². The average Bonchev–Trinajstić information content (AvgIpc) is 3.31. The molecule has 0 atom stereocenters. The third-order valence-electron chi connectivity index (χ3n) is 9.23. The molecule has 0 aliphatic heterocycles. The summed E-state index contributed by atoms with van der Waals surface area (Å²) in [6.45, 7) is 4.73. The SMILES string of the molecule is CC1(C)c2cc(-c3ccc4cc(-c5ccccc5)ccc4c3)ccc2-c2ccc(N(c3ccccc3)c3ccccc3)cc21. The molecule has 7 aromatic rings. The molecular weight excluding hydrogens is 530 g/mol. The Hall–Kier alpha value is -5.40. The predicted octanol–water partition coefficient (Wildman–Crippen LogP) is 11.9. The van der Waals surface area contributed by atoms with Crippen LogP contribution in [0.5, 0.6) is 0 Å². The molecule has 0 aromatic heterocycles. The second kappa shape index (κ2) is 10.4. The molecule has 0 unspecified atom stereocenters. The molecule has 0 fully saturated rings. The van der Waals surface area contributed by atoms with Crippen LogP contribution in [0.25, 0.3) is 44.2 Å². The Labute approximate surface area is 259 Å². The van der Waals surface area contributed by atoms with E-state index in [0.29, 0.717) is 0 Å². The molecule has 44 heavy (non-hydrogen) atoms. The first kappa shape index (κ1) is 26.2. The summed E-state index contributed by atoms with van der Waals surface area (Å²) in [4.78, 5) is 2.35. The summed E-state index contributed by atoms with van der Waals surface area (Å²) in [6, 6.07) is 59.5. The molecular formula is C43H33N. The summed E-state index contributed by atoms with van der Waals surface area (Å²) in [5.74, 6) is 0. The second-order valence-electron chi connectivity index (χ2n) is 12.3. The van der Waals surface area contributed by atoms with Crippen molar-refractivity contribution in [3.05, 3.63) is 175 Å². The molecule has 0 saturated heterocycles. The van der Waals surface area contributed by atoms with Gasteiger partial charge < -0.3 is 4.90 Å². The predicted molar refractivity (Wildman–Crippen MR) is 187 cm³/mol. The smallest absolute Gasteiger partial charge is 0.0465 e. The lowest BCUT2D eigenvalue weighted by Gasteiger charge is -2.28. The Bertz CT molecular complexity index is 2090. The van der Waals surface area contributed by atoms with Crippen LogP contribution in [0, 0.1) is 0 Å². The summed E-state index contributed by atoms with van der Waals surface area (Å²) >= 11 is 0. The van der Waals surface area contributed by atoms with Crippen LogP contribution in [0.1, 0.15) is 25.0 Å². The quantitative estimate of drug-likeness (QED) is 0.201. The van der Waals surface area contributed by atoms with Gasteiger partial charge in [0.2, 0.25) is 0 Å². The Morgan fingerprint density at radius 3 is 1.41 bits per heavy atom. The van der Waals surface area contributed by atoms with E-state index in [9.17, 15) is 0 Å². The highest BCUT2D eigenvalue weighted by Crippen LogP contribution is 2.51. The van der Waals surface area contributed by atoms with E-state index in [-0.39, 0.29) is 5.41 Å². The summed E-state index contributed by atoms with van der Waals surface area (Å²) in [6.07, 6.45) is 0. The standard InChI is InChI=1S/C43H33N/c1-43(2)41-28-35(34-21-20-32-26-31(18-19-33(32)27-34)30-12-6-3-7-13-30)22-24-39(41)40-25-23-38(29-42(40)43)44(36-14-8-4-9-15-36)37-16-10-5-11-17-37/h3-29H,1-2H3. The van der Waals surface area contributed by atoms with Crippen LogP contribution >= 0.6 is 0 Å². The molecule has 0 amide bonds. The van der Waals surface area contributed by atoms with E-state index in [1.54, 1.807) is 0 Å².